The zero-order valence-electron chi connectivity index (χ0n) is 11.5. The number of amides is 1. The molecule has 0 fully saturated rings. The summed E-state index contributed by atoms with van der Waals surface area (Å²) in [7, 11) is 0. The third-order valence-corrected chi connectivity index (χ3v) is 2.88. The van der Waals surface area contributed by atoms with E-state index in [4.69, 9.17) is 5.84 Å². The van der Waals surface area contributed by atoms with Gasteiger partial charge in [0.2, 0.25) is 0 Å². The highest BCUT2D eigenvalue weighted by Crippen LogP contribution is 2.18. The molecule has 0 bridgehead atoms. The Bertz CT molecular complexity index is 614. The van der Waals surface area contributed by atoms with Crippen LogP contribution in [0, 0.1) is 6.92 Å². The minimum Gasteiger partial charge on any atom is -0.307 e. The minimum absolute atomic E-state index is 0.206. The zero-order chi connectivity index (χ0) is 14.5. The van der Waals surface area contributed by atoms with Gasteiger partial charge in [0.15, 0.2) is 5.82 Å². The lowest BCUT2D eigenvalue weighted by Crippen LogP contribution is -2.31. The van der Waals surface area contributed by atoms with Gasteiger partial charge in [-0.15, -0.1) is 0 Å². The maximum atomic E-state index is 12.5. The lowest BCUT2D eigenvalue weighted by molar-refractivity contribution is 0.0983. The maximum absolute atomic E-state index is 12.5. The molecule has 0 aliphatic heterocycles. The Hall–Kier alpha value is -2.47. The van der Waals surface area contributed by atoms with E-state index >= 15 is 0 Å². The Labute approximate surface area is 117 Å². The second kappa shape index (κ2) is 6.12. The van der Waals surface area contributed by atoms with Crippen LogP contribution in [0.4, 0.5) is 11.5 Å². The summed E-state index contributed by atoms with van der Waals surface area (Å²) < 4.78 is 0. The van der Waals surface area contributed by atoms with E-state index in [9.17, 15) is 4.79 Å². The van der Waals surface area contributed by atoms with Gasteiger partial charge in [0.25, 0.3) is 5.91 Å². The molecule has 1 aromatic heterocycles. The lowest BCUT2D eigenvalue weighted by atomic mass is 10.2. The maximum Gasteiger partial charge on any atom is 0.278 e. The fourth-order valence-electron chi connectivity index (χ4n) is 1.92. The van der Waals surface area contributed by atoms with Crippen molar-refractivity contribution in [3.63, 3.8) is 0 Å². The van der Waals surface area contributed by atoms with Gasteiger partial charge >= 0.3 is 0 Å². The van der Waals surface area contributed by atoms with Crippen molar-refractivity contribution < 1.29 is 4.79 Å². The number of anilines is 2. The van der Waals surface area contributed by atoms with E-state index in [0.29, 0.717) is 12.4 Å². The monoisotopic (exact) mass is 271 g/mol. The molecule has 6 heteroatoms. The number of hydrazine groups is 1. The molecular formula is C14H17N5O. The summed E-state index contributed by atoms with van der Waals surface area (Å²) in [4.78, 5) is 22.2. The molecule has 0 saturated heterocycles. The molecule has 20 heavy (non-hydrogen) atoms. The van der Waals surface area contributed by atoms with Gasteiger partial charge in [-0.3, -0.25) is 9.78 Å². The average Bonchev–Trinajstić information content (AvgIpc) is 2.48. The van der Waals surface area contributed by atoms with Crippen LogP contribution in [0.3, 0.4) is 0 Å². The molecular weight excluding hydrogens is 254 g/mol. The van der Waals surface area contributed by atoms with Crippen molar-refractivity contribution in [2.45, 2.75) is 13.8 Å². The van der Waals surface area contributed by atoms with Crippen LogP contribution < -0.4 is 16.2 Å². The molecule has 2 aromatic rings. The predicted molar refractivity (Wildman–Crippen MR) is 78.4 cm³/mol. The molecule has 1 amide bonds. The standard InChI is InChI=1S/C14H17N5O/c1-3-19(11-6-4-5-10(2)7-11)14(20)12-8-16-9-13(17-12)18-15/h4-9H,3,15H2,1-2H3,(H,17,18). The van der Waals surface area contributed by atoms with Crippen molar-refractivity contribution in [2.24, 2.45) is 5.84 Å². The number of benzene rings is 1. The second-order valence-electron chi connectivity index (χ2n) is 4.32. The SMILES string of the molecule is CCN(C(=O)c1cncc(NN)n1)c1cccc(C)c1. The van der Waals surface area contributed by atoms with Crippen LogP contribution in [-0.4, -0.2) is 22.4 Å². The molecule has 2 rings (SSSR count). The molecule has 0 atom stereocenters. The topological polar surface area (TPSA) is 84.1 Å². The molecule has 104 valence electrons. The van der Waals surface area contributed by atoms with E-state index in [2.05, 4.69) is 15.4 Å². The van der Waals surface area contributed by atoms with Crippen LogP contribution in [0.1, 0.15) is 23.0 Å². The number of hydrogen-bond acceptors (Lipinski definition) is 5. The van der Waals surface area contributed by atoms with Gasteiger partial charge in [0.1, 0.15) is 5.69 Å². The Kier molecular flexibility index (Phi) is 4.27. The van der Waals surface area contributed by atoms with Crippen molar-refractivity contribution in [3.8, 4) is 0 Å². The fraction of sp³-hybridized carbons (Fsp3) is 0.214. The predicted octanol–water partition coefficient (Wildman–Crippen LogP) is 1.74. The summed E-state index contributed by atoms with van der Waals surface area (Å²) in [6.07, 6.45) is 2.89. The zero-order valence-corrected chi connectivity index (χ0v) is 11.5. The van der Waals surface area contributed by atoms with Gasteiger partial charge < -0.3 is 10.3 Å². The quantitative estimate of drug-likeness (QED) is 0.653. The van der Waals surface area contributed by atoms with Gasteiger partial charge in [0, 0.05) is 12.2 Å². The normalized spacial score (nSPS) is 10.2. The van der Waals surface area contributed by atoms with E-state index in [1.807, 2.05) is 38.1 Å². The highest BCUT2D eigenvalue weighted by molar-refractivity contribution is 6.04. The van der Waals surface area contributed by atoms with Gasteiger partial charge in [0.05, 0.1) is 12.4 Å². The second-order valence-corrected chi connectivity index (χ2v) is 4.32. The van der Waals surface area contributed by atoms with E-state index in [1.54, 1.807) is 4.90 Å². The highest BCUT2D eigenvalue weighted by Gasteiger charge is 2.18. The first-order valence-corrected chi connectivity index (χ1v) is 6.33. The molecule has 0 spiro atoms. The molecule has 0 aliphatic carbocycles. The molecule has 0 saturated carbocycles. The van der Waals surface area contributed by atoms with Crippen LogP contribution in [0.15, 0.2) is 36.7 Å². The first kappa shape index (κ1) is 14.0. The molecule has 0 radical (unpaired) electrons. The first-order valence-electron chi connectivity index (χ1n) is 6.33. The van der Waals surface area contributed by atoms with E-state index in [-0.39, 0.29) is 11.6 Å². The number of carbonyl (C=O) groups excluding carboxylic acids is 1. The minimum atomic E-state index is -0.206. The number of aryl methyl sites for hydroxylation is 1. The highest BCUT2D eigenvalue weighted by atomic mass is 16.2. The summed E-state index contributed by atoms with van der Waals surface area (Å²) in [5, 5.41) is 0. The largest absolute Gasteiger partial charge is 0.307 e. The fourth-order valence-corrected chi connectivity index (χ4v) is 1.92. The summed E-state index contributed by atoms with van der Waals surface area (Å²) in [6, 6.07) is 7.76. The number of nitrogens with zero attached hydrogens (tertiary/aromatic N) is 3. The summed E-state index contributed by atoms with van der Waals surface area (Å²) in [6.45, 7) is 4.45. The smallest absolute Gasteiger partial charge is 0.278 e. The van der Waals surface area contributed by atoms with Gasteiger partial charge in [-0.25, -0.2) is 10.8 Å². The van der Waals surface area contributed by atoms with Crippen LogP contribution >= 0.6 is 0 Å². The Morgan fingerprint density at radius 2 is 2.20 bits per heavy atom. The van der Waals surface area contributed by atoms with Gasteiger partial charge in [-0.05, 0) is 31.5 Å². The van der Waals surface area contributed by atoms with Crippen LogP contribution in [0.2, 0.25) is 0 Å². The van der Waals surface area contributed by atoms with Crippen LogP contribution in [-0.2, 0) is 0 Å². The Balaban J connectivity index is 2.33. The average molecular weight is 271 g/mol. The van der Waals surface area contributed by atoms with Crippen molar-refractivity contribution in [1.29, 1.82) is 0 Å². The number of nitrogens with two attached hydrogens (primary N) is 1. The third-order valence-electron chi connectivity index (χ3n) is 2.88. The van der Waals surface area contributed by atoms with Crippen molar-refractivity contribution in [3.05, 3.63) is 47.9 Å². The summed E-state index contributed by atoms with van der Waals surface area (Å²) >= 11 is 0. The van der Waals surface area contributed by atoms with E-state index in [1.165, 1.54) is 12.4 Å². The number of nitrogens with one attached hydrogen (secondary N) is 1. The lowest BCUT2D eigenvalue weighted by Gasteiger charge is -2.21. The third kappa shape index (κ3) is 2.92. The number of nitrogen functional groups attached to an aromatic ring is 1. The molecule has 0 aliphatic rings. The number of carbonyl (C=O) groups is 1. The number of rotatable bonds is 4. The van der Waals surface area contributed by atoms with E-state index < -0.39 is 0 Å². The first-order chi connectivity index (χ1) is 9.65. The summed E-state index contributed by atoms with van der Waals surface area (Å²) in [5.41, 5.74) is 4.57. The van der Waals surface area contributed by atoms with Gasteiger partial charge in [-0.1, -0.05) is 12.1 Å². The molecule has 3 N–H and O–H groups in total. The number of aromatic nitrogens is 2. The number of hydrogen-bond donors (Lipinski definition) is 2. The molecule has 1 heterocycles. The Morgan fingerprint density at radius 1 is 1.40 bits per heavy atom. The van der Waals surface area contributed by atoms with E-state index in [0.717, 1.165) is 11.3 Å². The van der Waals surface area contributed by atoms with Crippen molar-refractivity contribution in [1.82, 2.24) is 9.97 Å². The summed E-state index contributed by atoms with van der Waals surface area (Å²) in [5.74, 6) is 5.43. The van der Waals surface area contributed by atoms with Crippen molar-refractivity contribution >= 4 is 17.4 Å². The van der Waals surface area contributed by atoms with Crippen molar-refractivity contribution in [2.75, 3.05) is 16.9 Å². The van der Waals surface area contributed by atoms with Crippen LogP contribution in [0.25, 0.3) is 0 Å². The van der Waals surface area contributed by atoms with Crippen LogP contribution in [0.5, 0.6) is 0 Å². The van der Waals surface area contributed by atoms with Gasteiger partial charge in [-0.2, -0.15) is 0 Å². The molecule has 6 nitrogen and oxygen atoms in total. The molecule has 0 unspecified atom stereocenters. The Morgan fingerprint density at radius 3 is 2.85 bits per heavy atom. The molecule has 1 aromatic carbocycles.